The molecule has 1 heterocycles. The van der Waals surface area contributed by atoms with Crippen molar-refractivity contribution in [1.82, 2.24) is 0 Å². The maximum atomic E-state index is 13.5. The number of ether oxygens (including phenoxy) is 1. The van der Waals surface area contributed by atoms with Gasteiger partial charge in [-0.1, -0.05) is 0 Å². The summed E-state index contributed by atoms with van der Waals surface area (Å²) in [4.78, 5) is 0. The van der Waals surface area contributed by atoms with Gasteiger partial charge in [0.05, 0.1) is 11.7 Å². The van der Waals surface area contributed by atoms with Gasteiger partial charge in [-0.2, -0.15) is 8.78 Å². The second-order valence-electron chi connectivity index (χ2n) is 3.92. The average molecular weight is 216 g/mol. The lowest BCUT2D eigenvalue weighted by atomic mass is 9.96. The highest BCUT2D eigenvalue weighted by Gasteiger charge is 2.42. The zero-order valence-corrected chi connectivity index (χ0v) is 8.48. The molecule has 1 aromatic rings. The fourth-order valence-electron chi connectivity index (χ4n) is 1.88. The largest absolute Gasteiger partial charge is 0.383 e. The summed E-state index contributed by atoms with van der Waals surface area (Å²) >= 11 is 0. The molecule has 2 rings (SSSR count). The summed E-state index contributed by atoms with van der Waals surface area (Å²) in [6, 6.07) is 2.55. The molecule has 0 saturated heterocycles. The van der Waals surface area contributed by atoms with Gasteiger partial charge < -0.3 is 4.74 Å². The molecule has 0 radical (unpaired) electrons. The van der Waals surface area contributed by atoms with Crippen LogP contribution >= 0.6 is 0 Å². The Morgan fingerprint density at radius 3 is 2.73 bits per heavy atom. The van der Waals surface area contributed by atoms with Crippen LogP contribution in [0.2, 0.25) is 0 Å². The molecule has 4 heteroatoms. The van der Waals surface area contributed by atoms with Gasteiger partial charge in [0.2, 0.25) is 0 Å². The van der Waals surface area contributed by atoms with Crippen LogP contribution in [0.4, 0.5) is 13.2 Å². The second-order valence-corrected chi connectivity index (χ2v) is 3.92. The normalized spacial score (nSPS) is 23.7. The Hall–Kier alpha value is -1.03. The van der Waals surface area contributed by atoms with E-state index < -0.39 is 18.0 Å². The standard InChI is InChI=1S/C11H11F3O/c1-6-3-9-8(10(12)4-6)5-7(2)15-11(9,13)14/h3-4,7H,5H2,1-2H3. The van der Waals surface area contributed by atoms with Crippen LogP contribution in [0.3, 0.4) is 0 Å². The molecule has 0 N–H and O–H groups in total. The van der Waals surface area contributed by atoms with E-state index in [9.17, 15) is 13.2 Å². The molecule has 0 amide bonds. The van der Waals surface area contributed by atoms with Crippen LogP contribution in [0.25, 0.3) is 0 Å². The first-order chi connectivity index (χ1) is 6.90. The summed E-state index contributed by atoms with van der Waals surface area (Å²) < 4.78 is 44.8. The molecular weight excluding hydrogens is 205 g/mol. The predicted octanol–water partition coefficient (Wildman–Crippen LogP) is 3.14. The Morgan fingerprint density at radius 2 is 2.07 bits per heavy atom. The minimum absolute atomic E-state index is 0.0735. The number of hydrogen-bond donors (Lipinski definition) is 0. The van der Waals surface area contributed by atoms with Gasteiger partial charge in [-0.05, 0) is 31.5 Å². The topological polar surface area (TPSA) is 9.23 Å². The summed E-state index contributed by atoms with van der Waals surface area (Å²) in [5.74, 6) is -0.570. The third-order valence-electron chi connectivity index (χ3n) is 2.49. The van der Waals surface area contributed by atoms with Crippen molar-refractivity contribution in [1.29, 1.82) is 0 Å². The van der Waals surface area contributed by atoms with Crippen LogP contribution < -0.4 is 0 Å². The quantitative estimate of drug-likeness (QED) is 0.647. The molecule has 0 saturated carbocycles. The zero-order chi connectivity index (χ0) is 11.2. The first kappa shape index (κ1) is 10.5. The zero-order valence-electron chi connectivity index (χ0n) is 8.48. The van der Waals surface area contributed by atoms with Crippen molar-refractivity contribution in [3.8, 4) is 0 Å². The van der Waals surface area contributed by atoms with E-state index in [-0.39, 0.29) is 17.5 Å². The van der Waals surface area contributed by atoms with E-state index >= 15 is 0 Å². The monoisotopic (exact) mass is 216 g/mol. The second kappa shape index (κ2) is 3.23. The van der Waals surface area contributed by atoms with E-state index in [2.05, 4.69) is 4.74 Å². The molecule has 0 aliphatic carbocycles. The van der Waals surface area contributed by atoms with Crippen LogP contribution in [0.5, 0.6) is 0 Å². The fourth-order valence-corrected chi connectivity index (χ4v) is 1.88. The van der Waals surface area contributed by atoms with Gasteiger partial charge in [0.25, 0.3) is 0 Å². The molecule has 1 unspecified atom stereocenters. The SMILES string of the molecule is Cc1cc(F)c2c(c1)C(F)(F)OC(C)C2. The Balaban J connectivity index is 2.62. The van der Waals surface area contributed by atoms with Crippen LogP contribution in [0, 0.1) is 12.7 Å². The Morgan fingerprint density at radius 1 is 1.40 bits per heavy atom. The number of alkyl halides is 2. The molecule has 15 heavy (non-hydrogen) atoms. The van der Waals surface area contributed by atoms with Crippen molar-refractivity contribution < 1.29 is 17.9 Å². The minimum Gasteiger partial charge on any atom is -0.313 e. The molecule has 82 valence electrons. The average Bonchev–Trinajstić information content (AvgIpc) is 2.06. The summed E-state index contributed by atoms with van der Waals surface area (Å²) in [6.07, 6.45) is -3.85. The fraction of sp³-hybridized carbons (Fsp3) is 0.455. The van der Waals surface area contributed by atoms with Crippen molar-refractivity contribution in [2.45, 2.75) is 32.5 Å². The lowest BCUT2D eigenvalue weighted by molar-refractivity contribution is -0.277. The summed E-state index contributed by atoms with van der Waals surface area (Å²) in [7, 11) is 0. The van der Waals surface area contributed by atoms with Crippen molar-refractivity contribution in [2.24, 2.45) is 0 Å². The molecule has 1 nitrogen and oxygen atoms in total. The lowest BCUT2D eigenvalue weighted by Gasteiger charge is -2.30. The number of fused-ring (bicyclic) bond motifs is 1. The van der Waals surface area contributed by atoms with E-state index in [1.807, 2.05) is 0 Å². The lowest BCUT2D eigenvalue weighted by Crippen LogP contribution is -2.33. The molecule has 1 aliphatic rings. The molecule has 0 bridgehead atoms. The molecular formula is C11H11F3O. The summed E-state index contributed by atoms with van der Waals surface area (Å²) in [5.41, 5.74) is 0.214. The van der Waals surface area contributed by atoms with Crippen LogP contribution in [0.15, 0.2) is 12.1 Å². The van der Waals surface area contributed by atoms with Crippen molar-refractivity contribution in [3.05, 3.63) is 34.6 Å². The molecule has 0 fully saturated rings. The van der Waals surface area contributed by atoms with E-state index in [1.54, 1.807) is 6.92 Å². The summed E-state index contributed by atoms with van der Waals surface area (Å²) in [5, 5.41) is 0. The molecule has 1 aromatic carbocycles. The van der Waals surface area contributed by atoms with Gasteiger partial charge in [0, 0.05) is 12.0 Å². The highest BCUT2D eigenvalue weighted by molar-refractivity contribution is 5.36. The van der Waals surface area contributed by atoms with Gasteiger partial charge in [0.15, 0.2) is 0 Å². The summed E-state index contributed by atoms with van der Waals surface area (Å²) in [6.45, 7) is 3.09. The first-order valence-corrected chi connectivity index (χ1v) is 4.75. The highest BCUT2D eigenvalue weighted by atomic mass is 19.3. The third kappa shape index (κ3) is 1.74. The van der Waals surface area contributed by atoms with Crippen molar-refractivity contribution >= 4 is 0 Å². The predicted molar refractivity (Wildman–Crippen MR) is 49.3 cm³/mol. The number of benzene rings is 1. The smallest absolute Gasteiger partial charge is 0.313 e. The number of halogens is 3. The highest BCUT2D eigenvalue weighted by Crippen LogP contribution is 2.39. The maximum Gasteiger partial charge on any atom is 0.383 e. The molecule has 0 aromatic heterocycles. The van der Waals surface area contributed by atoms with E-state index in [1.165, 1.54) is 19.1 Å². The maximum absolute atomic E-state index is 13.5. The van der Waals surface area contributed by atoms with Crippen LogP contribution in [0.1, 0.15) is 23.6 Å². The molecule has 1 atom stereocenters. The Labute approximate surface area is 85.9 Å². The molecule has 1 aliphatic heterocycles. The number of hydrogen-bond acceptors (Lipinski definition) is 1. The van der Waals surface area contributed by atoms with Crippen LogP contribution in [-0.4, -0.2) is 6.10 Å². The Kier molecular flexibility index (Phi) is 2.26. The molecule has 0 spiro atoms. The number of rotatable bonds is 0. The van der Waals surface area contributed by atoms with Crippen LogP contribution in [-0.2, 0) is 17.3 Å². The van der Waals surface area contributed by atoms with Crippen molar-refractivity contribution in [3.63, 3.8) is 0 Å². The van der Waals surface area contributed by atoms with E-state index in [0.717, 1.165) is 0 Å². The first-order valence-electron chi connectivity index (χ1n) is 4.75. The van der Waals surface area contributed by atoms with Gasteiger partial charge in [-0.15, -0.1) is 0 Å². The van der Waals surface area contributed by atoms with Gasteiger partial charge >= 0.3 is 6.11 Å². The third-order valence-corrected chi connectivity index (χ3v) is 2.49. The van der Waals surface area contributed by atoms with Crippen molar-refractivity contribution in [2.75, 3.05) is 0 Å². The Bertz CT molecular complexity index is 401. The number of aryl methyl sites for hydroxylation is 1. The van der Waals surface area contributed by atoms with Gasteiger partial charge in [-0.3, -0.25) is 0 Å². The van der Waals surface area contributed by atoms with E-state index in [4.69, 9.17) is 0 Å². The minimum atomic E-state index is -3.38. The van der Waals surface area contributed by atoms with Gasteiger partial charge in [-0.25, -0.2) is 4.39 Å². The van der Waals surface area contributed by atoms with Gasteiger partial charge in [0.1, 0.15) is 5.82 Å². The van der Waals surface area contributed by atoms with E-state index in [0.29, 0.717) is 5.56 Å².